The van der Waals surface area contributed by atoms with Crippen molar-refractivity contribution < 1.29 is 4.79 Å². The van der Waals surface area contributed by atoms with Crippen LogP contribution in [-0.4, -0.2) is 28.0 Å². The first-order valence-electron chi connectivity index (χ1n) is 7.54. The van der Waals surface area contributed by atoms with Gasteiger partial charge in [-0.3, -0.25) is 4.79 Å². The summed E-state index contributed by atoms with van der Waals surface area (Å²) in [5, 5.41) is 0.334. The van der Waals surface area contributed by atoms with E-state index in [4.69, 9.17) is 0 Å². The maximum atomic E-state index is 12.9. The van der Waals surface area contributed by atoms with Crippen LogP contribution < -0.4 is 0 Å². The summed E-state index contributed by atoms with van der Waals surface area (Å²) in [7, 11) is 0. The van der Waals surface area contributed by atoms with Gasteiger partial charge in [-0.25, -0.2) is 0 Å². The highest BCUT2D eigenvalue weighted by Gasteiger charge is 2.45. The lowest BCUT2D eigenvalue weighted by molar-refractivity contribution is 0.0632. The van der Waals surface area contributed by atoms with Gasteiger partial charge in [-0.1, -0.05) is 38.5 Å². The van der Waals surface area contributed by atoms with Gasteiger partial charge in [0, 0.05) is 23.3 Å². The Morgan fingerprint density at radius 3 is 2.85 bits per heavy atom. The van der Waals surface area contributed by atoms with Crippen molar-refractivity contribution in [3.8, 4) is 0 Å². The molecule has 2 aliphatic heterocycles. The van der Waals surface area contributed by atoms with Gasteiger partial charge in [-0.2, -0.15) is 0 Å². The van der Waals surface area contributed by atoms with E-state index in [1.807, 2.05) is 17.8 Å². The van der Waals surface area contributed by atoms with Crippen LogP contribution in [0.1, 0.15) is 54.6 Å². The molecule has 2 nitrogen and oxygen atoms in total. The number of rotatable bonds is 2. The van der Waals surface area contributed by atoms with Crippen molar-refractivity contribution >= 4 is 17.7 Å². The molecule has 1 amide bonds. The molecule has 0 unspecified atom stereocenters. The van der Waals surface area contributed by atoms with Crippen LogP contribution in [0.15, 0.2) is 18.2 Å². The fourth-order valence-corrected chi connectivity index (χ4v) is 5.10. The topological polar surface area (TPSA) is 20.3 Å². The Bertz CT molecular complexity index is 540. The van der Waals surface area contributed by atoms with Gasteiger partial charge >= 0.3 is 0 Å². The number of hydrogen-bond donors (Lipinski definition) is 0. The number of thioether (sulfide) groups is 1. The predicted molar refractivity (Wildman–Crippen MR) is 85.3 cm³/mol. The maximum absolute atomic E-state index is 12.9. The second kappa shape index (κ2) is 5.10. The highest BCUT2D eigenvalue weighted by atomic mass is 32.2. The Hall–Kier alpha value is -0.960. The number of carbonyl (C=O) groups excluding carboxylic acids is 1. The Morgan fingerprint density at radius 2 is 2.15 bits per heavy atom. The number of amides is 1. The Labute approximate surface area is 125 Å². The normalized spacial score (nSPS) is 28.8. The van der Waals surface area contributed by atoms with Gasteiger partial charge in [0.1, 0.15) is 0 Å². The van der Waals surface area contributed by atoms with E-state index in [9.17, 15) is 4.79 Å². The van der Waals surface area contributed by atoms with Crippen molar-refractivity contribution in [3.05, 3.63) is 34.9 Å². The molecule has 0 saturated carbocycles. The van der Waals surface area contributed by atoms with Crippen LogP contribution in [0.25, 0.3) is 0 Å². The van der Waals surface area contributed by atoms with Gasteiger partial charge in [0.05, 0.1) is 5.37 Å². The average molecular weight is 289 g/mol. The summed E-state index contributed by atoms with van der Waals surface area (Å²) in [5.74, 6) is 2.41. The zero-order valence-electron chi connectivity index (χ0n) is 12.7. The summed E-state index contributed by atoms with van der Waals surface area (Å²) in [5.41, 5.74) is 3.42. The Balaban J connectivity index is 1.99. The van der Waals surface area contributed by atoms with Gasteiger partial charge in [0.25, 0.3) is 5.91 Å². The first kappa shape index (κ1) is 14.0. The van der Waals surface area contributed by atoms with E-state index < -0.39 is 0 Å². The van der Waals surface area contributed by atoms with Gasteiger partial charge in [-0.15, -0.1) is 11.8 Å². The minimum absolute atomic E-state index is 0.249. The van der Waals surface area contributed by atoms with Crippen molar-refractivity contribution in [3.63, 3.8) is 0 Å². The van der Waals surface area contributed by atoms with Crippen molar-refractivity contribution in [2.24, 2.45) is 5.92 Å². The summed E-state index contributed by atoms with van der Waals surface area (Å²) in [6.45, 7) is 8.86. The van der Waals surface area contributed by atoms with E-state index >= 15 is 0 Å². The third kappa shape index (κ3) is 2.16. The quantitative estimate of drug-likeness (QED) is 0.819. The lowest BCUT2D eigenvalue weighted by Crippen LogP contribution is -2.47. The Morgan fingerprint density at radius 1 is 1.40 bits per heavy atom. The molecule has 0 aliphatic carbocycles. The van der Waals surface area contributed by atoms with E-state index in [0.717, 1.165) is 17.7 Å². The lowest BCUT2D eigenvalue weighted by atomic mass is 9.87. The summed E-state index contributed by atoms with van der Waals surface area (Å²) < 4.78 is 0. The lowest BCUT2D eigenvalue weighted by Gasteiger charge is -2.39. The summed E-state index contributed by atoms with van der Waals surface area (Å²) in [6.07, 6.45) is 1.11. The fourth-order valence-electron chi connectivity index (χ4n) is 3.52. The number of carbonyl (C=O) groups is 1. The number of fused-ring (bicyclic) bond motifs is 2. The molecule has 0 N–H and O–H groups in total. The minimum Gasteiger partial charge on any atom is -0.322 e. The van der Waals surface area contributed by atoms with Crippen molar-refractivity contribution in [2.75, 3.05) is 5.75 Å². The van der Waals surface area contributed by atoms with E-state index in [0.29, 0.717) is 23.3 Å². The van der Waals surface area contributed by atoms with E-state index in [1.54, 1.807) is 0 Å². The zero-order valence-corrected chi connectivity index (χ0v) is 13.5. The molecule has 1 fully saturated rings. The molecule has 0 radical (unpaired) electrons. The molecule has 20 heavy (non-hydrogen) atoms. The average Bonchev–Trinajstić information content (AvgIpc) is 2.79. The summed E-state index contributed by atoms with van der Waals surface area (Å²) in [6, 6.07) is 6.69. The minimum atomic E-state index is 0.249. The fraction of sp³-hybridized carbons (Fsp3) is 0.588. The first-order valence-corrected chi connectivity index (χ1v) is 8.58. The third-order valence-corrected chi connectivity index (χ3v) is 6.01. The predicted octanol–water partition coefficient (Wildman–Crippen LogP) is 4.04. The summed E-state index contributed by atoms with van der Waals surface area (Å²) in [4.78, 5) is 15.0. The standard InChI is InChI=1S/C17H23NOS/c1-10(2)7-13-9-20-17-12(4)15-8-11(3)5-6-14(15)16(19)18(13)17/h5-6,8,10,12-13,17H,7,9H2,1-4H3/t12-,13+,17-/m1/s1. The van der Waals surface area contributed by atoms with Gasteiger partial charge in [-0.05, 0) is 30.9 Å². The molecule has 1 aromatic carbocycles. The van der Waals surface area contributed by atoms with Crippen LogP contribution in [0.4, 0.5) is 0 Å². The van der Waals surface area contributed by atoms with E-state index in [2.05, 4.69) is 44.7 Å². The van der Waals surface area contributed by atoms with Gasteiger partial charge in [0.2, 0.25) is 0 Å². The van der Waals surface area contributed by atoms with Crippen LogP contribution in [0, 0.1) is 12.8 Å². The molecule has 3 heteroatoms. The molecule has 3 rings (SSSR count). The zero-order chi connectivity index (χ0) is 14.4. The molecule has 0 bridgehead atoms. The smallest absolute Gasteiger partial charge is 0.255 e. The van der Waals surface area contributed by atoms with Gasteiger partial charge < -0.3 is 4.90 Å². The molecule has 3 atom stereocenters. The molecule has 0 aromatic heterocycles. The summed E-state index contributed by atoms with van der Waals surface area (Å²) >= 11 is 1.96. The molecular formula is C17H23NOS. The highest BCUT2D eigenvalue weighted by molar-refractivity contribution is 8.00. The molecule has 2 aliphatic rings. The van der Waals surface area contributed by atoms with E-state index in [-0.39, 0.29) is 5.91 Å². The molecule has 1 saturated heterocycles. The SMILES string of the molecule is Cc1ccc2c(c1)[C@@H](C)[C@H]1SC[C@H](CC(C)C)N1C2=O. The van der Waals surface area contributed by atoms with Crippen LogP contribution in [0.5, 0.6) is 0 Å². The van der Waals surface area contributed by atoms with Gasteiger partial charge in [0.15, 0.2) is 0 Å². The molecule has 1 aromatic rings. The molecule has 2 heterocycles. The molecule has 0 spiro atoms. The second-order valence-corrected chi connectivity index (χ2v) is 7.75. The number of aryl methyl sites for hydroxylation is 1. The van der Waals surface area contributed by atoms with Crippen molar-refractivity contribution in [2.45, 2.75) is 51.4 Å². The third-order valence-electron chi connectivity index (χ3n) is 4.46. The van der Waals surface area contributed by atoms with Crippen molar-refractivity contribution in [1.82, 2.24) is 4.90 Å². The van der Waals surface area contributed by atoms with Crippen LogP contribution in [-0.2, 0) is 0 Å². The second-order valence-electron chi connectivity index (χ2n) is 6.60. The molecular weight excluding hydrogens is 266 g/mol. The van der Waals surface area contributed by atoms with Crippen LogP contribution >= 0.6 is 11.8 Å². The molecule has 108 valence electrons. The number of hydrogen-bond acceptors (Lipinski definition) is 2. The highest BCUT2D eigenvalue weighted by Crippen LogP contribution is 2.45. The van der Waals surface area contributed by atoms with Crippen molar-refractivity contribution in [1.29, 1.82) is 0 Å². The monoisotopic (exact) mass is 289 g/mol. The van der Waals surface area contributed by atoms with Crippen LogP contribution in [0.3, 0.4) is 0 Å². The van der Waals surface area contributed by atoms with Crippen LogP contribution in [0.2, 0.25) is 0 Å². The number of nitrogens with zero attached hydrogens (tertiary/aromatic N) is 1. The maximum Gasteiger partial charge on any atom is 0.255 e. The number of benzene rings is 1. The first-order chi connectivity index (χ1) is 9.49. The largest absolute Gasteiger partial charge is 0.322 e. The van der Waals surface area contributed by atoms with E-state index in [1.165, 1.54) is 11.1 Å². The Kier molecular flexibility index (Phi) is 3.57.